The second kappa shape index (κ2) is 7.21. The first-order valence-corrected chi connectivity index (χ1v) is 5.22. The summed E-state index contributed by atoms with van der Waals surface area (Å²) in [5, 5.41) is 5.18. The number of rotatable bonds is 6. The van der Waals surface area contributed by atoms with E-state index in [2.05, 4.69) is 15.6 Å². The molecule has 0 aliphatic heterocycles. The Labute approximate surface area is 99.4 Å². The number of nitrogens with zero attached hydrogens (tertiary/aromatic N) is 1. The number of amides is 2. The second-order valence-electron chi connectivity index (χ2n) is 3.31. The fourth-order valence-corrected chi connectivity index (χ4v) is 1.07. The van der Waals surface area contributed by atoms with Gasteiger partial charge < -0.3 is 15.4 Å². The summed E-state index contributed by atoms with van der Waals surface area (Å²) in [6.45, 7) is 2.15. The van der Waals surface area contributed by atoms with Gasteiger partial charge in [0.25, 0.3) is 5.91 Å². The average Bonchev–Trinajstić information content (AvgIpc) is 2.33. The molecule has 0 aliphatic carbocycles. The highest BCUT2D eigenvalue weighted by atomic mass is 16.5. The summed E-state index contributed by atoms with van der Waals surface area (Å²) in [5.74, 6) is 0.189. The molecule has 0 saturated heterocycles. The van der Waals surface area contributed by atoms with Crippen LogP contribution in [0.5, 0.6) is 5.75 Å². The van der Waals surface area contributed by atoms with E-state index in [0.717, 1.165) is 0 Å². The van der Waals surface area contributed by atoms with Crippen LogP contribution >= 0.6 is 0 Å². The van der Waals surface area contributed by atoms with Crippen molar-refractivity contribution in [3.63, 3.8) is 0 Å². The Balaban J connectivity index is 2.11. The fourth-order valence-electron chi connectivity index (χ4n) is 1.07. The van der Waals surface area contributed by atoms with Crippen LogP contribution in [0.25, 0.3) is 0 Å². The van der Waals surface area contributed by atoms with E-state index in [4.69, 9.17) is 4.74 Å². The van der Waals surface area contributed by atoms with Crippen LogP contribution in [0.3, 0.4) is 0 Å². The zero-order chi connectivity index (χ0) is 12.5. The van der Waals surface area contributed by atoms with Gasteiger partial charge >= 0.3 is 0 Å². The Bertz CT molecular complexity index is 367. The molecule has 92 valence electrons. The van der Waals surface area contributed by atoms with Gasteiger partial charge in [-0.05, 0) is 12.1 Å². The zero-order valence-electron chi connectivity index (χ0n) is 9.60. The van der Waals surface area contributed by atoms with Crippen LogP contribution in [0.15, 0.2) is 24.5 Å². The third-order valence-electron chi connectivity index (χ3n) is 1.83. The van der Waals surface area contributed by atoms with E-state index in [0.29, 0.717) is 18.8 Å². The van der Waals surface area contributed by atoms with Crippen molar-refractivity contribution in [1.29, 1.82) is 0 Å². The van der Waals surface area contributed by atoms with Crippen molar-refractivity contribution in [1.82, 2.24) is 15.6 Å². The minimum Gasteiger partial charge on any atom is -0.482 e. The van der Waals surface area contributed by atoms with Gasteiger partial charge in [-0.25, -0.2) is 0 Å². The van der Waals surface area contributed by atoms with Crippen molar-refractivity contribution < 1.29 is 14.3 Å². The number of hydrogen-bond donors (Lipinski definition) is 2. The van der Waals surface area contributed by atoms with Crippen molar-refractivity contribution >= 4 is 11.8 Å². The maximum atomic E-state index is 11.3. The van der Waals surface area contributed by atoms with Crippen LogP contribution in [0, 0.1) is 0 Å². The molecule has 0 saturated carbocycles. The largest absolute Gasteiger partial charge is 0.482 e. The standard InChI is InChI=1S/C11H15N3O3/c1-9(15)13-5-6-14-11(16)8-17-10-3-2-4-12-7-10/h2-4,7H,5-6,8H2,1H3,(H,13,15)(H,14,16). The molecule has 1 aromatic heterocycles. The molecule has 0 fully saturated rings. The average molecular weight is 237 g/mol. The number of aromatic nitrogens is 1. The number of hydrogen-bond acceptors (Lipinski definition) is 4. The molecule has 2 amide bonds. The maximum Gasteiger partial charge on any atom is 0.258 e. The lowest BCUT2D eigenvalue weighted by Crippen LogP contribution is -2.36. The molecule has 0 unspecified atom stereocenters. The van der Waals surface area contributed by atoms with E-state index in [1.165, 1.54) is 13.1 Å². The molecular weight excluding hydrogens is 222 g/mol. The van der Waals surface area contributed by atoms with Crippen LogP contribution in [-0.2, 0) is 9.59 Å². The van der Waals surface area contributed by atoms with Crippen LogP contribution in [0.2, 0.25) is 0 Å². The van der Waals surface area contributed by atoms with Gasteiger partial charge in [0.1, 0.15) is 5.75 Å². The molecule has 0 spiro atoms. The molecule has 1 rings (SSSR count). The summed E-state index contributed by atoms with van der Waals surface area (Å²) in [5.41, 5.74) is 0. The molecule has 0 radical (unpaired) electrons. The Morgan fingerprint density at radius 1 is 1.35 bits per heavy atom. The highest BCUT2D eigenvalue weighted by Gasteiger charge is 2.01. The van der Waals surface area contributed by atoms with Crippen molar-refractivity contribution in [3.8, 4) is 5.75 Å². The quantitative estimate of drug-likeness (QED) is 0.666. The third-order valence-corrected chi connectivity index (χ3v) is 1.83. The van der Waals surface area contributed by atoms with E-state index >= 15 is 0 Å². The highest BCUT2D eigenvalue weighted by molar-refractivity contribution is 5.77. The highest BCUT2D eigenvalue weighted by Crippen LogP contribution is 2.04. The lowest BCUT2D eigenvalue weighted by Gasteiger charge is -2.07. The van der Waals surface area contributed by atoms with Crippen LogP contribution in [-0.4, -0.2) is 36.5 Å². The Kier molecular flexibility index (Phi) is 5.50. The molecule has 0 atom stereocenters. The number of pyridine rings is 1. The molecule has 2 N–H and O–H groups in total. The van der Waals surface area contributed by atoms with E-state index in [9.17, 15) is 9.59 Å². The van der Waals surface area contributed by atoms with Crippen LogP contribution in [0.1, 0.15) is 6.92 Å². The third kappa shape index (κ3) is 6.14. The summed E-state index contributed by atoms with van der Waals surface area (Å²) in [7, 11) is 0. The van der Waals surface area contributed by atoms with Gasteiger partial charge in [-0.1, -0.05) is 0 Å². The SMILES string of the molecule is CC(=O)NCCNC(=O)COc1cccnc1. The molecule has 6 nitrogen and oxygen atoms in total. The Hall–Kier alpha value is -2.11. The van der Waals surface area contributed by atoms with Gasteiger partial charge in [0.05, 0.1) is 6.20 Å². The topological polar surface area (TPSA) is 80.3 Å². The van der Waals surface area contributed by atoms with E-state index < -0.39 is 0 Å². The summed E-state index contributed by atoms with van der Waals surface area (Å²) in [6, 6.07) is 3.45. The van der Waals surface area contributed by atoms with E-state index in [-0.39, 0.29) is 18.4 Å². The van der Waals surface area contributed by atoms with Crippen LogP contribution < -0.4 is 15.4 Å². The van der Waals surface area contributed by atoms with Gasteiger partial charge in [0.2, 0.25) is 5.91 Å². The molecule has 0 bridgehead atoms. The molecule has 0 aliphatic rings. The van der Waals surface area contributed by atoms with E-state index in [1.54, 1.807) is 18.3 Å². The normalized spacial score (nSPS) is 9.47. The summed E-state index contributed by atoms with van der Waals surface area (Å²) in [6.07, 6.45) is 3.16. The minimum atomic E-state index is -0.237. The van der Waals surface area contributed by atoms with E-state index in [1.807, 2.05) is 0 Å². The lowest BCUT2D eigenvalue weighted by molar-refractivity contribution is -0.123. The first kappa shape index (κ1) is 13.0. The summed E-state index contributed by atoms with van der Waals surface area (Å²) >= 11 is 0. The molecule has 17 heavy (non-hydrogen) atoms. The van der Waals surface area contributed by atoms with Crippen molar-refractivity contribution in [2.45, 2.75) is 6.92 Å². The van der Waals surface area contributed by atoms with Gasteiger partial charge in [0, 0.05) is 26.2 Å². The predicted molar refractivity (Wildman–Crippen MR) is 61.4 cm³/mol. The van der Waals surface area contributed by atoms with Gasteiger partial charge in [-0.2, -0.15) is 0 Å². The maximum absolute atomic E-state index is 11.3. The summed E-state index contributed by atoms with van der Waals surface area (Å²) in [4.78, 5) is 25.7. The van der Waals surface area contributed by atoms with Gasteiger partial charge in [0.15, 0.2) is 6.61 Å². The van der Waals surface area contributed by atoms with Crippen molar-refractivity contribution in [2.24, 2.45) is 0 Å². The number of carbonyl (C=O) groups is 2. The second-order valence-corrected chi connectivity index (χ2v) is 3.31. The number of carbonyl (C=O) groups excluding carboxylic acids is 2. The number of nitrogens with one attached hydrogen (secondary N) is 2. The smallest absolute Gasteiger partial charge is 0.258 e. The van der Waals surface area contributed by atoms with Gasteiger partial charge in [-0.15, -0.1) is 0 Å². The first-order valence-electron chi connectivity index (χ1n) is 5.22. The van der Waals surface area contributed by atoms with Crippen LogP contribution in [0.4, 0.5) is 0 Å². The van der Waals surface area contributed by atoms with Gasteiger partial charge in [-0.3, -0.25) is 14.6 Å². The molecule has 6 heteroatoms. The number of ether oxygens (including phenoxy) is 1. The lowest BCUT2D eigenvalue weighted by atomic mass is 10.4. The molecular formula is C11H15N3O3. The fraction of sp³-hybridized carbons (Fsp3) is 0.364. The van der Waals surface area contributed by atoms with Crippen molar-refractivity contribution in [3.05, 3.63) is 24.5 Å². The molecule has 0 aromatic carbocycles. The zero-order valence-corrected chi connectivity index (χ0v) is 9.60. The Morgan fingerprint density at radius 2 is 2.12 bits per heavy atom. The first-order chi connectivity index (χ1) is 8.18. The van der Waals surface area contributed by atoms with Crippen molar-refractivity contribution in [2.75, 3.05) is 19.7 Å². The molecule has 1 aromatic rings. The molecule has 1 heterocycles. The summed E-state index contributed by atoms with van der Waals surface area (Å²) < 4.78 is 5.18. The Morgan fingerprint density at radius 3 is 2.76 bits per heavy atom. The monoisotopic (exact) mass is 237 g/mol. The minimum absolute atomic E-state index is 0.0637. The predicted octanol–water partition coefficient (Wildman–Crippen LogP) is -0.287.